The third-order valence-electron chi connectivity index (χ3n) is 2.46. The van der Waals surface area contributed by atoms with Gasteiger partial charge in [0, 0.05) is 33.9 Å². The minimum atomic E-state index is -0.0763. The lowest BCUT2D eigenvalue weighted by Gasteiger charge is -2.22. The molecule has 5 nitrogen and oxygen atoms in total. The number of hydrogen-bond donors (Lipinski definition) is 1. The van der Waals surface area contributed by atoms with E-state index in [1.807, 2.05) is 7.05 Å². The van der Waals surface area contributed by atoms with Crippen LogP contribution in [0.25, 0.3) is 0 Å². The molecule has 0 aliphatic rings. The number of methoxy groups -OCH3 is 2. The van der Waals surface area contributed by atoms with E-state index in [-0.39, 0.29) is 6.04 Å². The fraction of sp³-hybridized carbons (Fsp3) is 0.909. The number of nitrogens with one attached hydrogen (secondary N) is 1. The molecule has 1 unspecified atom stereocenters. The second-order valence-electron chi connectivity index (χ2n) is 3.59. The summed E-state index contributed by atoms with van der Waals surface area (Å²) in [5, 5.41) is 11.8. The Bertz CT molecular complexity index is 186. The van der Waals surface area contributed by atoms with Crippen molar-refractivity contribution in [1.82, 2.24) is 10.2 Å². The van der Waals surface area contributed by atoms with Gasteiger partial charge in [-0.15, -0.1) is 0 Å². The number of nitrogens with zero attached hydrogens (tertiary/aromatic N) is 2. The van der Waals surface area contributed by atoms with Crippen LogP contribution in [0.1, 0.15) is 6.42 Å². The van der Waals surface area contributed by atoms with E-state index in [0.717, 1.165) is 26.1 Å². The van der Waals surface area contributed by atoms with Crippen LogP contribution < -0.4 is 5.32 Å². The molecule has 94 valence electrons. The minimum absolute atomic E-state index is 0.0763. The van der Waals surface area contributed by atoms with Gasteiger partial charge in [0.2, 0.25) is 0 Å². The molecule has 0 aromatic carbocycles. The lowest BCUT2D eigenvalue weighted by molar-refractivity contribution is 0.112. The molecule has 0 amide bonds. The van der Waals surface area contributed by atoms with Crippen molar-refractivity contribution < 1.29 is 9.47 Å². The molecular weight excluding hydrogens is 206 g/mol. The van der Waals surface area contributed by atoms with Crippen molar-refractivity contribution in [3.05, 3.63) is 0 Å². The molecule has 0 saturated carbocycles. The molecular formula is C11H23N3O2. The van der Waals surface area contributed by atoms with Gasteiger partial charge in [-0.25, -0.2) is 0 Å². The predicted molar refractivity (Wildman–Crippen MR) is 63.3 cm³/mol. The molecule has 0 aromatic heterocycles. The second-order valence-corrected chi connectivity index (χ2v) is 3.59. The molecule has 0 aromatic rings. The summed E-state index contributed by atoms with van der Waals surface area (Å²) >= 11 is 0. The summed E-state index contributed by atoms with van der Waals surface area (Å²) in [5.41, 5.74) is 0. The molecule has 0 fully saturated rings. The number of nitriles is 1. The average molecular weight is 229 g/mol. The first-order valence-electron chi connectivity index (χ1n) is 5.55. The first kappa shape index (κ1) is 15.3. The van der Waals surface area contributed by atoms with Crippen LogP contribution in [-0.4, -0.2) is 65.1 Å². The quantitative estimate of drug-likeness (QED) is 0.575. The van der Waals surface area contributed by atoms with Crippen LogP contribution in [0.4, 0.5) is 0 Å². The molecule has 0 radical (unpaired) electrons. The van der Waals surface area contributed by atoms with E-state index < -0.39 is 0 Å². The number of hydrogen-bond acceptors (Lipinski definition) is 5. The van der Waals surface area contributed by atoms with E-state index >= 15 is 0 Å². The summed E-state index contributed by atoms with van der Waals surface area (Å²) in [4.78, 5) is 2.24. The monoisotopic (exact) mass is 229 g/mol. The van der Waals surface area contributed by atoms with Crippen LogP contribution >= 0.6 is 0 Å². The molecule has 5 heteroatoms. The number of rotatable bonds is 10. The Labute approximate surface area is 98.3 Å². The van der Waals surface area contributed by atoms with E-state index in [9.17, 15) is 0 Å². The average Bonchev–Trinajstić information content (AvgIpc) is 2.32. The predicted octanol–water partition coefficient (Wildman–Crippen LogP) is 0.0829. The molecule has 0 rings (SSSR count). The van der Waals surface area contributed by atoms with E-state index in [4.69, 9.17) is 14.7 Å². The largest absolute Gasteiger partial charge is 0.383 e. The van der Waals surface area contributed by atoms with Crippen molar-refractivity contribution in [2.24, 2.45) is 0 Å². The van der Waals surface area contributed by atoms with Crippen LogP contribution in [0.2, 0.25) is 0 Å². The van der Waals surface area contributed by atoms with Gasteiger partial charge in [0.05, 0.1) is 25.3 Å². The first-order valence-corrected chi connectivity index (χ1v) is 5.55. The van der Waals surface area contributed by atoms with Gasteiger partial charge in [0.1, 0.15) is 0 Å². The highest BCUT2D eigenvalue weighted by Gasteiger charge is 2.08. The normalized spacial score (nSPS) is 12.7. The summed E-state index contributed by atoms with van der Waals surface area (Å²) in [6.45, 7) is 4.05. The van der Waals surface area contributed by atoms with Crippen LogP contribution in [-0.2, 0) is 9.47 Å². The molecule has 0 bridgehead atoms. The molecule has 1 N–H and O–H groups in total. The number of ether oxygens (including phenoxy) is 2. The Morgan fingerprint density at radius 1 is 1.19 bits per heavy atom. The third kappa shape index (κ3) is 7.60. The Morgan fingerprint density at radius 2 is 1.75 bits per heavy atom. The second kappa shape index (κ2) is 10.8. The van der Waals surface area contributed by atoms with Gasteiger partial charge in [0.15, 0.2) is 0 Å². The molecule has 0 heterocycles. The molecule has 16 heavy (non-hydrogen) atoms. The SMILES string of the molecule is CNC(C#N)CCN(CCOC)CCOC. The van der Waals surface area contributed by atoms with Gasteiger partial charge in [-0.1, -0.05) is 0 Å². The summed E-state index contributed by atoms with van der Waals surface area (Å²) in [7, 11) is 5.20. The molecule has 0 aliphatic heterocycles. The maximum absolute atomic E-state index is 8.81. The first-order chi connectivity index (χ1) is 7.78. The topological polar surface area (TPSA) is 57.5 Å². The van der Waals surface area contributed by atoms with Gasteiger partial charge in [0.25, 0.3) is 0 Å². The minimum Gasteiger partial charge on any atom is -0.383 e. The van der Waals surface area contributed by atoms with E-state index in [1.54, 1.807) is 14.2 Å². The van der Waals surface area contributed by atoms with Crippen LogP contribution in [0.3, 0.4) is 0 Å². The van der Waals surface area contributed by atoms with Crippen LogP contribution in [0.5, 0.6) is 0 Å². The van der Waals surface area contributed by atoms with Crippen molar-refractivity contribution in [1.29, 1.82) is 5.26 Å². The molecule has 0 spiro atoms. The van der Waals surface area contributed by atoms with Gasteiger partial charge in [-0.3, -0.25) is 4.90 Å². The lowest BCUT2D eigenvalue weighted by atomic mass is 10.2. The van der Waals surface area contributed by atoms with Crippen molar-refractivity contribution in [3.8, 4) is 6.07 Å². The van der Waals surface area contributed by atoms with Crippen molar-refractivity contribution >= 4 is 0 Å². The van der Waals surface area contributed by atoms with Gasteiger partial charge >= 0.3 is 0 Å². The molecule has 0 saturated heterocycles. The van der Waals surface area contributed by atoms with E-state index in [1.165, 1.54) is 0 Å². The summed E-state index contributed by atoms with van der Waals surface area (Å²) in [6, 6.07) is 2.14. The van der Waals surface area contributed by atoms with Crippen molar-refractivity contribution in [3.63, 3.8) is 0 Å². The van der Waals surface area contributed by atoms with Crippen molar-refractivity contribution in [2.75, 3.05) is 54.1 Å². The Hall–Kier alpha value is -0.670. The smallest absolute Gasteiger partial charge is 0.0962 e. The maximum atomic E-state index is 8.81. The zero-order chi connectivity index (χ0) is 12.2. The Balaban J connectivity index is 3.85. The highest BCUT2D eigenvalue weighted by molar-refractivity contribution is 4.88. The third-order valence-corrected chi connectivity index (χ3v) is 2.46. The van der Waals surface area contributed by atoms with Gasteiger partial charge in [-0.05, 0) is 13.5 Å². The maximum Gasteiger partial charge on any atom is 0.0962 e. The summed E-state index contributed by atoms with van der Waals surface area (Å²) in [6.07, 6.45) is 0.820. The summed E-state index contributed by atoms with van der Waals surface area (Å²) in [5.74, 6) is 0. The van der Waals surface area contributed by atoms with Crippen molar-refractivity contribution in [2.45, 2.75) is 12.5 Å². The zero-order valence-electron chi connectivity index (χ0n) is 10.5. The molecule has 0 aliphatic carbocycles. The highest BCUT2D eigenvalue weighted by Crippen LogP contribution is 1.96. The highest BCUT2D eigenvalue weighted by atomic mass is 16.5. The standard InChI is InChI=1S/C11H23N3O2/c1-13-11(10-12)4-5-14(6-8-15-2)7-9-16-3/h11,13H,4-9H2,1-3H3. The Kier molecular flexibility index (Phi) is 10.4. The van der Waals surface area contributed by atoms with Gasteiger partial charge < -0.3 is 14.8 Å². The molecule has 1 atom stereocenters. The van der Waals surface area contributed by atoms with Gasteiger partial charge in [-0.2, -0.15) is 5.26 Å². The fourth-order valence-electron chi connectivity index (χ4n) is 1.36. The fourth-order valence-corrected chi connectivity index (χ4v) is 1.36. The lowest BCUT2D eigenvalue weighted by Crippen LogP contribution is -2.35. The zero-order valence-corrected chi connectivity index (χ0v) is 10.5. The summed E-state index contributed by atoms with van der Waals surface area (Å²) < 4.78 is 10.1. The Morgan fingerprint density at radius 3 is 2.12 bits per heavy atom. The van der Waals surface area contributed by atoms with E-state index in [0.29, 0.717) is 13.2 Å². The van der Waals surface area contributed by atoms with Crippen LogP contribution in [0.15, 0.2) is 0 Å². The van der Waals surface area contributed by atoms with Crippen LogP contribution in [0, 0.1) is 11.3 Å². The van der Waals surface area contributed by atoms with E-state index in [2.05, 4.69) is 16.3 Å².